The van der Waals surface area contributed by atoms with Crippen LogP contribution in [0.15, 0.2) is 0 Å². The Morgan fingerprint density at radius 1 is 0.882 bits per heavy atom. The molecule has 17 heavy (non-hydrogen) atoms. The van der Waals surface area contributed by atoms with Gasteiger partial charge in [-0.05, 0) is 64.8 Å². The molecule has 2 rings (SSSR count). The lowest BCUT2D eigenvalue weighted by molar-refractivity contribution is 0.138. The lowest BCUT2D eigenvalue weighted by Gasteiger charge is -2.35. The summed E-state index contributed by atoms with van der Waals surface area (Å²) >= 11 is 0. The van der Waals surface area contributed by atoms with E-state index < -0.39 is 0 Å². The normalized spacial score (nSPS) is 28.4. The second-order valence-electron chi connectivity index (χ2n) is 5.68. The topological polar surface area (TPSA) is 32.5 Å². The number of hydrogen-bond donors (Lipinski definition) is 1. The van der Waals surface area contributed by atoms with E-state index in [9.17, 15) is 0 Å². The Bertz CT molecular complexity index is 202. The molecule has 0 aromatic rings. The van der Waals surface area contributed by atoms with Gasteiger partial charge in [-0.1, -0.05) is 12.8 Å². The number of rotatable bonds is 5. The first kappa shape index (κ1) is 13.3. The van der Waals surface area contributed by atoms with E-state index in [0.717, 1.165) is 6.54 Å². The second-order valence-corrected chi connectivity index (χ2v) is 5.68. The molecule has 2 aliphatic rings. The van der Waals surface area contributed by atoms with Crippen LogP contribution in [0, 0.1) is 0 Å². The van der Waals surface area contributed by atoms with Crippen LogP contribution in [0.1, 0.15) is 44.9 Å². The third-order valence-electron chi connectivity index (χ3n) is 4.39. The smallest absolute Gasteiger partial charge is 0.0218 e. The Balaban J connectivity index is 1.62. The predicted octanol–water partition coefficient (Wildman–Crippen LogP) is 1.68. The van der Waals surface area contributed by atoms with E-state index in [4.69, 9.17) is 5.73 Å². The van der Waals surface area contributed by atoms with E-state index >= 15 is 0 Å². The summed E-state index contributed by atoms with van der Waals surface area (Å²) in [6.45, 7) is 7.36. The van der Waals surface area contributed by atoms with Crippen molar-refractivity contribution >= 4 is 0 Å². The number of nitrogens with zero attached hydrogens (tertiary/aromatic N) is 2. The lowest BCUT2D eigenvalue weighted by atomic mass is 10.0. The molecule has 3 heteroatoms. The summed E-state index contributed by atoms with van der Waals surface area (Å²) in [5.41, 5.74) is 5.86. The maximum absolute atomic E-state index is 5.86. The molecule has 0 saturated carbocycles. The van der Waals surface area contributed by atoms with Gasteiger partial charge in [0.25, 0.3) is 0 Å². The minimum Gasteiger partial charge on any atom is -0.329 e. The molecule has 0 aromatic heterocycles. The first-order valence-corrected chi connectivity index (χ1v) is 7.56. The fourth-order valence-corrected chi connectivity index (χ4v) is 3.30. The van der Waals surface area contributed by atoms with E-state index in [2.05, 4.69) is 9.80 Å². The van der Waals surface area contributed by atoms with Crippen molar-refractivity contribution in [3.05, 3.63) is 0 Å². The molecule has 0 amide bonds. The Hall–Kier alpha value is -0.120. The maximum atomic E-state index is 5.86. The Morgan fingerprint density at radius 2 is 1.65 bits per heavy atom. The molecule has 0 aromatic carbocycles. The van der Waals surface area contributed by atoms with Gasteiger partial charge in [-0.25, -0.2) is 0 Å². The van der Waals surface area contributed by atoms with E-state index in [1.807, 2.05) is 0 Å². The summed E-state index contributed by atoms with van der Waals surface area (Å²) in [6.07, 6.45) is 9.67. The molecule has 0 unspecified atom stereocenters. The standard InChI is InChI=1S/C14H29N3/c15-13-14-7-2-5-11-17(14)12-6-10-16-8-3-1-4-9-16/h14H,1-13,15H2/t14-/m1/s1. The van der Waals surface area contributed by atoms with Crippen molar-refractivity contribution in [1.29, 1.82) is 0 Å². The van der Waals surface area contributed by atoms with Crippen LogP contribution in [0.4, 0.5) is 0 Å². The van der Waals surface area contributed by atoms with Crippen LogP contribution in [-0.4, -0.2) is 55.1 Å². The number of piperidine rings is 2. The van der Waals surface area contributed by atoms with Crippen LogP contribution < -0.4 is 5.73 Å². The molecular weight excluding hydrogens is 210 g/mol. The lowest BCUT2D eigenvalue weighted by Crippen LogP contribution is -2.45. The average Bonchev–Trinajstić information content (AvgIpc) is 2.40. The van der Waals surface area contributed by atoms with Gasteiger partial charge in [0, 0.05) is 12.6 Å². The monoisotopic (exact) mass is 239 g/mol. The highest BCUT2D eigenvalue weighted by atomic mass is 15.2. The Kier molecular flexibility index (Phi) is 5.75. The zero-order valence-electron chi connectivity index (χ0n) is 11.2. The minimum atomic E-state index is 0.671. The summed E-state index contributed by atoms with van der Waals surface area (Å²) < 4.78 is 0. The van der Waals surface area contributed by atoms with Crippen molar-refractivity contribution in [2.24, 2.45) is 5.73 Å². The predicted molar refractivity (Wildman–Crippen MR) is 73.2 cm³/mol. The van der Waals surface area contributed by atoms with Crippen molar-refractivity contribution < 1.29 is 0 Å². The highest BCUT2D eigenvalue weighted by molar-refractivity contribution is 4.77. The molecule has 2 N–H and O–H groups in total. The van der Waals surface area contributed by atoms with Crippen LogP contribution in [0.3, 0.4) is 0 Å². The quantitative estimate of drug-likeness (QED) is 0.792. The molecule has 0 radical (unpaired) electrons. The maximum Gasteiger partial charge on any atom is 0.0218 e. The molecule has 0 bridgehead atoms. The molecule has 2 heterocycles. The van der Waals surface area contributed by atoms with Crippen LogP contribution in [-0.2, 0) is 0 Å². The minimum absolute atomic E-state index is 0.671. The third kappa shape index (κ3) is 4.23. The number of likely N-dealkylation sites (tertiary alicyclic amines) is 2. The van der Waals surface area contributed by atoms with Gasteiger partial charge in [0.2, 0.25) is 0 Å². The first-order valence-electron chi connectivity index (χ1n) is 7.56. The van der Waals surface area contributed by atoms with Gasteiger partial charge in [0.15, 0.2) is 0 Å². The largest absolute Gasteiger partial charge is 0.329 e. The van der Waals surface area contributed by atoms with Gasteiger partial charge in [-0.3, -0.25) is 4.90 Å². The summed E-state index contributed by atoms with van der Waals surface area (Å²) in [4.78, 5) is 5.28. The van der Waals surface area contributed by atoms with E-state index in [1.165, 1.54) is 77.7 Å². The molecule has 3 nitrogen and oxygen atoms in total. The summed E-state index contributed by atoms with van der Waals surface area (Å²) in [5, 5.41) is 0. The van der Waals surface area contributed by atoms with E-state index in [1.54, 1.807) is 0 Å². The van der Waals surface area contributed by atoms with Crippen LogP contribution >= 0.6 is 0 Å². The summed E-state index contributed by atoms with van der Waals surface area (Å²) in [6, 6.07) is 0.671. The number of hydrogen-bond acceptors (Lipinski definition) is 3. The van der Waals surface area contributed by atoms with Gasteiger partial charge in [-0.2, -0.15) is 0 Å². The fraction of sp³-hybridized carbons (Fsp3) is 1.00. The molecular formula is C14H29N3. The summed E-state index contributed by atoms with van der Waals surface area (Å²) in [7, 11) is 0. The zero-order valence-corrected chi connectivity index (χ0v) is 11.2. The average molecular weight is 239 g/mol. The molecule has 2 saturated heterocycles. The highest BCUT2D eigenvalue weighted by Crippen LogP contribution is 2.16. The van der Waals surface area contributed by atoms with E-state index in [0.29, 0.717) is 6.04 Å². The fourth-order valence-electron chi connectivity index (χ4n) is 3.30. The Labute approximate surface area is 106 Å². The van der Waals surface area contributed by atoms with Crippen LogP contribution in [0.25, 0.3) is 0 Å². The summed E-state index contributed by atoms with van der Waals surface area (Å²) in [5.74, 6) is 0. The van der Waals surface area contributed by atoms with Crippen molar-refractivity contribution in [3.8, 4) is 0 Å². The molecule has 0 spiro atoms. The second kappa shape index (κ2) is 7.34. The van der Waals surface area contributed by atoms with E-state index in [-0.39, 0.29) is 0 Å². The number of nitrogens with two attached hydrogens (primary N) is 1. The molecule has 100 valence electrons. The van der Waals surface area contributed by atoms with Gasteiger partial charge >= 0.3 is 0 Å². The molecule has 1 atom stereocenters. The highest BCUT2D eigenvalue weighted by Gasteiger charge is 2.20. The SMILES string of the molecule is NC[C@H]1CCCCN1CCCN1CCCCC1. The molecule has 2 aliphatic heterocycles. The van der Waals surface area contributed by atoms with Crippen molar-refractivity contribution in [1.82, 2.24) is 9.80 Å². The van der Waals surface area contributed by atoms with Gasteiger partial charge in [0.05, 0.1) is 0 Å². The Morgan fingerprint density at radius 3 is 2.41 bits per heavy atom. The van der Waals surface area contributed by atoms with Gasteiger partial charge in [0.1, 0.15) is 0 Å². The van der Waals surface area contributed by atoms with Crippen molar-refractivity contribution in [2.45, 2.75) is 51.0 Å². The van der Waals surface area contributed by atoms with Crippen LogP contribution in [0.2, 0.25) is 0 Å². The zero-order chi connectivity index (χ0) is 11.9. The van der Waals surface area contributed by atoms with Gasteiger partial charge < -0.3 is 10.6 Å². The van der Waals surface area contributed by atoms with Crippen LogP contribution in [0.5, 0.6) is 0 Å². The van der Waals surface area contributed by atoms with Crippen molar-refractivity contribution in [2.75, 3.05) is 39.3 Å². The molecule has 0 aliphatic carbocycles. The van der Waals surface area contributed by atoms with Crippen molar-refractivity contribution in [3.63, 3.8) is 0 Å². The third-order valence-corrected chi connectivity index (χ3v) is 4.39. The molecule has 2 fully saturated rings. The van der Waals surface area contributed by atoms with Gasteiger partial charge in [-0.15, -0.1) is 0 Å². The first-order chi connectivity index (χ1) is 8.40.